The number of pyridine rings is 1. The standard InChI is InChI=1S/C14H12N2O4/c1-20-14-7-3-10(8-13(14)17)2-4-11-5-6-12(9-15-11)16(18)19/h2-9,17H,1H3. The normalized spacial score (nSPS) is 10.7. The van der Waals surface area contributed by atoms with Gasteiger partial charge in [-0.15, -0.1) is 0 Å². The lowest BCUT2D eigenvalue weighted by Crippen LogP contribution is -1.89. The second-order valence-corrected chi connectivity index (χ2v) is 3.96. The average molecular weight is 272 g/mol. The molecule has 1 aromatic heterocycles. The van der Waals surface area contributed by atoms with E-state index in [0.29, 0.717) is 11.4 Å². The minimum atomic E-state index is -0.498. The number of aromatic nitrogens is 1. The molecular weight excluding hydrogens is 260 g/mol. The Hall–Kier alpha value is -2.89. The number of nitrogens with zero attached hydrogens (tertiary/aromatic N) is 2. The van der Waals surface area contributed by atoms with Crippen LogP contribution in [0.4, 0.5) is 5.69 Å². The molecular formula is C14H12N2O4. The van der Waals surface area contributed by atoms with Crippen molar-refractivity contribution in [3.05, 3.63) is 57.9 Å². The second kappa shape index (κ2) is 5.83. The Morgan fingerprint density at radius 1 is 1.30 bits per heavy atom. The number of methoxy groups -OCH3 is 1. The van der Waals surface area contributed by atoms with E-state index in [-0.39, 0.29) is 11.4 Å². The van der Waals surface area contributed by atoms with Gasteiger partial charge in [-0.3, -0.25) is 10.1 Å². The second-order valence-electron chi connectivity index (χ2n) is 3.96. The number of aromatic hydroxyl groups is 1. The number of hydrogen-bond acceptors (Lipinski definition) is 5. The van der Waals surface area contributed by atoms with E-state index in [2.05, 4.69) is 4.98 Å². The number of rotatable bonds is 4. The van der Waals surface area contributed by atoms with Gasteiger partial charge in [0.25, 0.3) is 5.69 Å². The van der Waals surface area contributed by atoms with Gasteiger partial charge in [0.2, 0.25) is 0 Å². The van der Waals surface area contributed by atoms with Crippen molar-refractivity contribution in [3.63, 3.8) is 0 Å². The first-order chi connectivity index (χ1) is 9.60. The van der Waals surface area contributed by atoms with E-state index >= 15 is 0 Å². The van der Waals surface area contributed by atoms with E-state index in [1.54, 1.807) is 36.4 Å². The van der Waals surface area contributed by atoms with Crippen molar-refractivity contribution in [2.24, 2.45) is 0 Å². The zero-order chi connectivity index (χ0) is 14.5. The van der Waals surface area contributed by atoms with Gasteiger partial charge in [0, 0.05) is 6.07 Å². The van der Waals surface area contributed by atoms with Crippen LogP contribution in [0, 0.1) is 10.1 Å². The highest BCUT2D eigenvalue weighted by Gasteiger charge is 2.04. The molecule has 1 heterocycles. The molecule has 6 heteroatoms. The molecule has 102 valence electrons. The molecule has 0 amide bonds. The van der Waals surface area contributed by atoms with Gasteiger partial charge in [-0.05, 0) is 29.8 Å². The molecule has 0 aliphatic rings. The van der Waals surface area contributed by atoms with Gasteiger partial charge in [-0.2, -0.15) is 0 Å². The van der Waals surface area contributed by atoms with Crippen LogP contribution in [0.15, 0.2) is 36.5 Å². The molecule has 0 spiro atoms. The molecule has 0 bridgehead atoms. The van der Waals surface area contributed by atoms with Crippen molar-refractivity contribution < 1.29 is 14.8 Å². The summed E-state index contributed by atoms with van der Waals surface area (Å²) in [5.74, 6) is 0.446. The number of benzene rings is 1. The van der Waals surface area contributed by atoms with Crippen LogP contribution in [-0.2, 0) is 0 Å². The van der Waals surface area contributed by atoms with Crippen LogP contribution >= 0.6 is 0 Å². The molecule has 0 saturated heterocycles. The van der Waals surface area contributed by atoms with E-state index in [0.717, 1.165) is 5.56 Å². The summed E-state index contributed by atoms with van der Waals surface area (Å²) in [5.41, 5.74) is 1.30. The third kappa shape index (κ3) is 3.11. The van der Waals surface area contributed by atoms with Gasteiger partial charge >= 0.3 is 0 Å². The zero-order valence-electron chi connectivity index (χ0n) is 10.7. The fourth-order valence-corrected chi connectivity index (χ4v) is 1.60. The minimum Gasteiger partial charge on any atom is -0.504 e. The molecule has 0 aliphatic heterocycles. The average Bonchev–Trinajstić information content (AvgIpc) is 2.45. The van der Waals surface area contributed by atoms with E-state index in [9.17, 15) is 15.2 Å². The van der Waals surface area contributed by atoms with Crippen molar-refractivity contribution in [2.75, 3.05) is 7.11 Å². The highest BCUT2D eigenvalue weighted by atomic mass is 16.6. The zero-order valence-corrected chi connectivity index (χ0v) is 10.7. The van der Waals surface area contributed by atoms with E-state index in [1.807, 2.05) is 0 Å². The summed E-state index contributed by atoms with van der Waals surface area (Å²) in [6, 6.07) is 7.93. The highest BCUT2D eigenvalue weighted by molar-refractivity contribution is 5.69. The molecule has 0 saturated carbocycles. The molecule has 0 unspecified atom stereocenters. The fourth-order valence-electron chi connectivity index (χ4n) is 1.60. The molecule has 0 aliphatic carbocycles. The van der Waals surface area contributed by atoms with Crippen LogP contribution in [0.3, 0.4) is 0 Å². The molecule has 0 atom stereocenters. The van der Waals surface area contributed by atoms with Crippen LogP contribution in [0.1, 0.15) is 11.3 Å². The first-order valence-electron chi connectivity index (χ1n) is 5.75. The van der Waals surface area contributed by atoms with Gasteiger partial charge in [0.15, 0.2) is 11.5 Å². The van der Waals surface area contributed by atoms with Crippen LogP contribution in [0.25, 0.3) is 12.2 Å². The number of nitro groups is 1. The van der Waals surface area contributed by atoms with Gasteiger partial charge in [-0.25, -0.2) is 4.98 Å². The van der Waals surface area contributed by atoms with Gasteiger partial charge in [0.1, 0.15) is 6.20 Å². The van der Waals surface area contributed by atoms with Crippen LogP contribution in [0.2, 0.25) is 0 Å². The van der Waals surface area contributed by atoms with Crippen LogP contribution in [0.5, 0.6) is 11.5 Å². The smallest absolute Gasteiger partial charge is 0.287 e. The maximum absolute atomic E-state index is 10.5. The molecule has 1 aromatic carbocycles. The largest absolute Gasteiger partial charge is 0.504 e. The Bertz CT molecular complexity index is 651. The molecule has 0 radical (unpaired) electrons. The maximum Gasteiger partial charge on any atom is 0.287 e. The first-order valence-corrected chi connectivity index (χ1v) is 5.75. The Kier molecular flexibility index (Phi) is 3.95. The van der Waals surface area contributed by atoms with Crippen molar-refractivity contribution in [2.45, 2.75) is 0 Å². The van der Waals surface area contributed by atoms with Crippen molar-refractivity contribution in [1.29, 1.82) is 0 Å². The number of phenolic OH excluding ortho intramolecular Hbond substituents is 1. The SMILES string of the molecule is COc1ccc(C=Cc2ccc([N+](=O)[O-])cn2)cc1O. The van der Waals surface area contributed by atoms with E-state index < -0.39 is 4.92 Å². The van der Waals surface area contributed by atoms with Crippen molar-refractivity contribution in [1.82, 2.24) is 4.98 Å². The van der Waals surface area contributed by atoms with Crippen LogP contribution < -0.4 is 4.74 Å². The third-order valence-corrected chi connectivity index (χ3v) is 2.63. The minimum absolute atomic E-state index is 0.0475. The van der Waals surface area contributed by atoms with Crippen LogP contribution in [-0.4, -0.2) is 22.1 Å². The molecule has 2 rings (SSSR count). The van der Waals surface area contributed by atoms with E-state index in [1.165, 1.54) is 19.4 Å². The molecule has 20 heavy (non-hydrogen) atoms. The Balaban J connectivity index is 2.16. The quantitative estimate of drug-likeness (QED) is 0.683. The van der Waals surface area contributed by atoms with Gasteiger partial charge in [0.05, 0.1) is 17.7 Å². The molecule has 6 nitrogen and oxygen atoms in total. The summed E-state index contributed by atoms with van der Waals surface area (Å²) < 4.78 is 4.95. The maximum atomic E-state index is 10.5. The third-order valence-electron chi connectivity index (χ3n) is 2.63. The Labute approximate surface area is 115 Å². The highest BCUT2D eigenvalue weighted by Crippen LogP contribution is 2.26. The van der Waals surface area contributed by atoms with Crippen molar-refractivity contribution in [3.8, 4) is 11.5 Å². The number of hydrogen-bond donors (Lipinski definition) is 1. The first kappa shape index (κ1) is 13.5. The monoisotopic (exact) mass is 272 g/mol. The lowest BCUT2D eigenvalue weighted by Gasteiger charge is -2.03. The van der Waals surface area contributed by atoms with Gasteiger partial charge in [-0.1, -0.05) is 12.1 Å². The number of ether oxygens (including phenoxy) is 1. The molecule has 0 fully saturated rings. The predicted molar refractivity (Wildman–Crippen MR) is 74.5 cm³/mol. The topological polar surface area (TPSA) is 85.5 Å². The Morgan fingerprint density at radius 3 is 2.65 bits per heavy atom. The summed E-state index contributed by atoms with van der Waals surface area (Å²) in [4.78, 5) is 14.0. The lowest BCUT2D eigenvalue weighted by molar-refractivity contribution is -0.385. The summed E-state index contributed by atoms with van der Waals surface area (Å²) in [5, 5.41) is 20.1. The molecule has 2 aromatic rings. The fraction of sp³-hybridized carbons (Fsp3) is 0.0714. The lowest BCUT2D eigenvalue weighted by atomic mass is 10.1. The summed E-state index contributed by atoms with van der Waals surface area (Å²) in [6.07, 6.45) is 4.64. The summed E-state index contributed by atoms with van der Waals surface area (Å²) in [7, 11) is 1.48. The van der Waals surface area contributed by atoms with Gasteiger partial charge < -0.3 is 9.84 Å². The van der Waals surface area contributed by atoms with Crippen molar-refractivity contribution >= 4 is 17.8 Å². The Morgan fingerprint density at radius 2 is 2.10 bits per heavy atom. The summed E-state index contributed by atoms with van der Waals surface area (Å²) in [6.45, 7) is 0. The number of phenols is 1. The summed E-state index contributed by atoms with van der Waals surface area (Å²) >= 11 is 0. The van der Waals surface area contributed by atoms with E-state index in [4.69, 9.17) is 4.74 Å². The predicted octanol–water partition coefficient (Wildman–Crippen LogP) is 2.87. The molecule has 1 N–H and O–H groups in total.